The fourth-order valence-corrected chi connectivity index (χ4v) is 5.65. The summed E-state index contributed by atoms with van der Waals surface area (Å²) in [7, 11) is 0.291. The zero-order valence-electron chi connectivity index (χ0n) is 16.9. The molecule has 2 heterocycles. The minimum absolute atomic E-state index is 0.395. The van der Waals surface area contributed by atoms with E-state index in [-0.39, 0.29) is 0 Å². The first kappa shape index (κ1) is 21.1. The molecule has 1 unspecified atom stereocenters. The van der Waals surface area contributed by atoms with Gasteiger partial charge in [0.1, 0.15) is 0 Å². The predicted molar refractivity (Wildman–Crippen MR) is 111 cm³/mol. The van der Waals surface area contributed by atoms with Crippen molar-refractivity contribution in [1.82, 2.24) is 14.5 Å². The molecule has 7 nitrogen and oxygen atoms in total. The third kappa shape index (κ3) is 5.04. The number of nitrogens with one attached hydrogen (secondary N) is 1. The van der Waals surface area contributed by atoms with Crippen LogP contribution in [0, 0.1) is 5.92 Å². The molecule has 3 rings (SSSR count). The minimum atomic E-state index is -3.46. The maximum atomic E-state index is 13.1. The summed E-state index contributed by atoms with van der Waals surface area (Å²) in [5.41, 5.74) is 0.770. The van der Waals surface area contributed by atoms with Gasteiger partial charge in [-0.15, -0.1) is 0 Å². The van der Waals surface area contributed by atoms with Gasteiger partial charge in [0.05, 0.1) is 11.5 Å². The van der Waals surface area contributed by atoms with E-state index in [4.69, 9.17) is 4.74 Å². The summed E-state index contributed by atoms with van der Waals surface area (Å²) in [6, 6.07) is 7.27. The second kappa shape index (κ2) is 9.71. The van der Waals surface area contributed by atoms with Gasteiger partial charge in [-0.1, -0.05) is 24.6 Å². The van der Waals surface area contributed by atoms with Gasteiger partial charge in [0.2, 0.25) is 10.0 Å². The molecule has 1 aromatic carbocycles. The van der Waals surface area contributed by atoms with Gasteiger partial charge in [0.15, 0.2) is 5.96 Å². The average molecular weight is 409 g/mol. The standard InChI is InChI=1S/C20H32N4O3S/c1-21-20(23(2)15-17-10-13-27-16-17)22-14-18-8-4-5-9-19(18)28(25,26)24-11-6-3-7-12-24/h4-5,8-9,17H,3,6-7,10-16H2,1-2H3,(H,21,22). The summed E-state index contributed by atoms with van der Waals surface area (Å²) in [6.07, 6.45) is 4.03. The molecule has 8 heteroatoms. The Morgan fingerprint density at radius 2 is 2.04 bits per heavy atom. The second-order valence-electron chi connectivity index (χ2n) is 7.58. The molecule has 2 aliphatic rings. The van der Waals surface area contributed by atoms with Crippen molar-refractivity contribution in [2.75, 3.05) is 46.9 Å². The first-order chi connectivity index (χ1) is 13.5. The number of benzene rings is 1. The summed E-state index contributed by atoms with van der Waals surface area (Å²) in [5.74, 6) is 1.27. The molecule has 1 N–H and O–H groups in total. The van der Waals surface area contributed by atoms with Crippen LogP contribution in [0.25, 0.3) is 0 Å². The number of guanidine groups is 1. The highest BCUT2D eigenvalue weighted by molar-refractivity contribution is 7.89. The Labute approximate surface area is 168 Å². The van der Waals surface area contributed by atoms with Crippen LogP contribution in [0.3, 0.4) is 0 Å². The summed E-state index contributed by atoms with van der Waals surface area (Å²) >= 11 is 0. The Balaban J connectivity index is 1.68. The van der Waals surface area contributed by atoms with Gasteiger partial charge in [-0.05, 0) is 30.9 Å². The van der Waals surface area contributed by atoms with E-state index in [2.05, 4.69) is 15.2 Å². The van der Waals surface area contributed by atoms with Gasteiger partial charge in [-0.3, -0.25) is 4.99 Å². The van der Waals surface area contributed by atoms with E-state index < -0.39 is 10.0 Å². The maximum absolute atomic E-state index is 13.1. The van der Waals surface area contributed by atoms with Gasteiger partial charge in [0, 0.05) is 52.8 Å². The lowest BCUT2D eigenvalue weighted by Gasteiger charge is -2.27. The molecular weight excluding hydrogens is 376 g/mol. The fourth-order valence-electron chi connectivity index (χ4n) is 3.91. The summed E-state index contributed by atoms with van der Waals surface area (Å²) < 4.78 is 33.3. The molecule has 0 bridgehead atoms. The molecular formula is C20H32N4O3S. The molecule has 2 saturated heterocycles. The van der Waals surface area contributed by atoms with Crippen molar-refractivity contribution in [2.45, 2.75) is 37.1 Å². The molecule has 2 aliphatic heterocycles. The van der Waals surface area contributed by atoms with E-state index in [1.54, 1.807) is 23.5 Å². The van der Waals surface area contributed by atoms with Crippen LogP contribution >= 0.6 is 0 Å². The molecule has 1 atom stereocenters. The van der Waals surface area contributed by atoms with Crippen LogP contribution in [-0.4, -0.2) is 70.5 Å². The van der Waals surface area contributed by atoms with Crippen LogP contribution in [0.5, 0.6) is 0 Å². The summed E-state index contributed by atoms with van der Waals surface area (Å²) in [6.45, 7) is 4.12. The van der Waals surface area contributed by atoms with Crippen LogP contribution in [0.1, 0.15) is 31.2 Å². The van der Waals surface area contributed by atoms with Crippen LogP contribution < -0.4 is 5.32 Å². The monoisotopic (exact) mass is 408 g/mol. The van der Waals surface area contributed by atoms with Crippen molar-refractivity contribution in [3.63, 3.8) is 0 Å². The Kier molecular flexibility index (Phi) is 7.31. The number of hydrogen-bond donors (Lipinski definition) is 1. The Morgan fingerprint density at radius 3 is 2.71 bits per heavy atom. The topological polar surface area (TPSA) is 74.2 Å². The molecule has 0 aliphatic carbocycles. The van der Waals surface area contributed by atoms with Crippen LogP contribution in [0.15, 0.2) is 34.2 Å². The lowest BCUT2D eigenvalue weighted by Crippen LogP contribution is -2.41. The van der Waals surface area contributed by atoms with Crippen LogP contribution in [-0.2, 0) is 21.3 Å². The van der Waals surface area contributed by atoms with Crippen LogP contribution in [0.2, 0.25) is 0 Å². The lowest BCUT2D eigenvalue weighted by atomic mass is 10.1. The van der Waals surface area contributed by atoms with Crippen molar-refractivity contribution in [3.05, 3.63) is 29.8 Å². The van der Waals surface area contributed by atoms with Crippen molar-refractivity contribution in [1.29, 1.82) is 0 Å². The highest BCUT2D eigenvalue weighted by Gasteiger charge is 2.28. The molecule has 0 saturated carbocycles. The Morgan fingerprint density at radius 1 is 1.29 bits per heavy atom. The average Bonchev–Trinajstić information content (AvgIpc) is 3.22. The van der Waals surface area contributed by atoms with Gasteiger partial charge < -0.3 is 15.0 Å². The van der Waals surface area contributed by atoms with Gasteiger partial charge in [-0.2, -0.15) is 4.31 Å². The SMILES string of the molecule is CN=C(NCc1ccccc1S(=O)(=O)N1CCCCC1)N(C)CC1CCOC1. The number of aliphatic imine (C=N–C) groups is 1. The normalized spacial score (nSPS) is 21.6. The molecule has 28 heavy (non-hydrogen) atoms. The molecule has 156 valence electrons. The first-order valence-corrected chi connectivity index (χ1v) is 11.5. The second-order valence-corrected chi connectivity index (χ2v) is 9.49. The lowest BCUT2D eigenvalue weighted by molar-refractivity contribution is 0.181. The number of sulfonamides is 1. The van der Waals surface area contributed by atoms with Gasteiger partial charge in [0.25, 0.3) is 0 Å². The number of piperidine rings is 1. The number of rotatable bonds is 6. The minimum Gasteiger partial charge on any atom is -0.381 e. The van der Waals surface area contributed by atoms with Gasteiger partial charge in [-0.25, -0.2) is 8.42 Å². The third-order valence-electron chi connectivity index (χ3n) is 5.47. The molecule has 2 fully saturated rings. The van der Waals surface area contributed by atoms with Crippen LogP contribution in [0.4, 0.5) is 0 Å². The van der Waals surface area contributed by atoms with E-state index in [1.165, 1.54) is 0 Å². The molecule has 0 aromatic heterocycles. The van der Waals surface area contributed by atoms with E-state index in [0.717, 1.165) is 57.0 Å². The smallest absolute Gasteiger partial charge is 0.243 e. The largest absolute Gasteiger partial charge is 0.381 e. The predicted octanol–water partition coefficient (Wildman–Crippen LogP) is 1.90. The Hall–Kier alpha value is -1.64. The summed E-state index contributed by atoms with van der Waals surface area (Å²) in [5, 5.41) is 3.33. The number of hydrogen-bond acceptors (Lipinski definition) is 4. The Bertz CT molecular complexity index is 769. The highest BCUT2D eigenvalue weighted by atomic mass is 32.2. The third-order valence-corrected chi connectivity index (χ3v) is 7.47. The zero-order chi connectivity index (χ0) is 20.0. The molecule has 0 spiro atoms. The molecule has 1 aromatic rings. The van der Waals surface area contributed by atoms with E-state index in [0.29, 0.717) is 30.4 Å². The fraction of sp³-hybridized carbons (Fsp3) is 0.650. The quantitative estimate of drug-likeness (QED) is 0.575. The first-order valence-electron chi connectivity index (χ1n) is 10.1. The van der Waals surface area contributed by atoms with E-state index in [9.17, 15) is 8.42 Å². The molecule has 0 radical (unpaired) electrons. The number of ether oxygens (including phenoxy) is 1. The zero-order valence-corrected chi connectivity index (χ0v) is 17.7. The summed E-state index contributed by atoms with van der Waals surface area (Å²) in [4.78, 5) is 6.84. The maximum Gasteiger partial charge on any atom is 0.243 e. The van der Waals surface area contributed by atoms with E-state index in [1.807, 2.05) is 19.2 Å². The molecule has 0 amide bonds. The van der Waals surface area contributed by atoms with Gasteiger partial charge >= 0.3 is 0 Å². The van der Waals surface area contributed by atoms with Crippen molar-refractivity contribution in [3.8, 4) is 0 Å². The van der Waals surface area contributed by atoms with Crippen molar-refractivity contribution in [2.24, 2.45) is 10.9 Å². The number of nitrogens with zero attached hydrogens (tertiary/aromatic N) is 3. The highest BCUT2D eigenvalue weighted by Crippen LogP contribution is 2.23. The van der Waals surface area contributed by atoms with Crippen molar-refractivity contribution >= 4 is 16.0 Å². The van der Waals surface area contributed by atoms with E-state index >= 15 is 0 Å². The van der Waals surface area contributed by atoms with Crippen molar-refractivity contribution < 1.29 is 13.2 Å².